The van der Waals surface area contributed by atoms with E-state index in [-0.39, 0.29) is 11.8 Å². The maximum Gasteiger partial charge on any atom is 0.326 e. The van der Waals surface area contributed by atoms with Crippen molar-refractivity contribution in [3.8, 4) is 5.69 Å². The van der Waals surface area contributed by atoms with Crippen molar-refractivity contribution >= 4 is 11.9 Å². The van der Waals surface area contributed by atoms with Crippen LogP contribution in [0.5, 0.6) is 0 Å². The van der Waals surface area contributed by atoms with Crippen molar-refractivity contribution in [3.63, 3.8) is 0 Å². The fraction of sp³-hybridized carbons (Fsp3) is 0.438. The van der Waals surface area contributed by atoms with Gasteiger partial charge >= 0.3 is 5.97 Å². The second kappa shape index (κ2) is 5.70. The molecule has 1 N–H and O–H groups in total. The van der Waals surface area contributed by atoms with Gasteiger partial charge in [-0.05, 0) is 53.3 Å². The minimum Gasteiger partial charge on any atom is -0.480 e. The van der Waals surface area contributed by atoms with E-state index in [4.69, 9.17) is 0 Å². The quantitative estimate of drug-likeness (QED) is 0.902. The number of nitrogens with zero attached hydrogens (tertiary/aromatic N) is 5. The Morgan fingerprint density at radius 1 is 1.25 bits per heavy atom. The first kappa shape index (κ1) is 14.8. The molecule has 1 aliphatic heterocycles. The van der Waals surface area contributed by atoms with Gasteiger partial charge in [-0.25, -0.2) is 9.48 Å². The Morgan fingerprint density at radius 2 is 2.12 bits per heavy atom. The fourth-order valence-electron chi connectivity index (χ4n) is 4.06. The van der Waals surface area contributed by atoms with Crippen molar-refractivity contribution in [2.24, 2.45) is 11.8 Å². The number of hydrogen-bond acceptors (Lipinski definition) is 5. The molecule has 3 unspecified atom stereocenters. The molecule has 2 aliphatic rings. The van der Waals surface area contributed by atoms with E-state index < -0.39 is 12.0 Å². The van der Waals surface area contributed by atoms with Gasteiger partial charge in [0.15, 0.2) is 0 Å². The van der Waals surface area contributed by atoms with Gasteiger partial charge in [0, 0.05) is 12.1 Å². The lowest BCUT2D eigenvalue weighted by molar-refractivity contribution is -0.142. The first-order valence-electron chi connectivity index (χ1n) is 8.02. The number of hydrogen-bond donors (Lipinski definition) is 1. The largest absolute Gasteiger partial charge is 0.480 e. The third-order valence-electron chi connectivity index (χ3n) is 5.11. The molecule has 8 heteroatoms. The van der Waals surface area contributed by atoms with Crippen molar-refractivity contribution < 1.29 is 14.7 Å². The molecule has 2 fully saturated rings. The molecule has 8 nitrogen and oxygen atoms in total. The Morgan fingerprint density at radius 3 is 2.88 bits per heavy atom. The van der Waals surface area contributed by atoms with Crippen LogP contribution in [0, 0.1) is 11.8 Å². The van der Waals surface area contributed by atoms with Crippen molar-refractivity contribution in [2.45, 2.75) is 25.3 Å². The smallest absolute Gasteiger partial charge is 0.326 e. The zero-order valence-corrected chi connectivity index (χ0v) is 12.9. The summed E-state index contributed by atoms with van der Waals surface area (Å²) in [5.41, 5.74) is 1.12. The van der Waals surface area contributed by atoms with Crippen LogP contribution in [0.1, 0.15) is 29.6 Å². The van der Waals surface area contributed by atoms with Crippen LogP contribution in [0.4, 0.5) is 0 Å². The summed E-state index contributed by atoms with van der Waals surface area (Å²) in [6.07, 6.45) is 4.39. The minimum absolute atomic E-state index is 0.0779. The summed E-state index contributed by atoms with van der Waals surface area (Å²) in [5.74, 6) is -0.770. The van der Waals surface area contributed by atoms with E-state index in [1.54, 1.807) is 24.3 Å². The lowest BCUT2D eigenvalue weighted by atomic mass is 9.94. The average molecular weight is 327 g/mol. The normalized spacial score (nSPS) is 25.7. The van der Waals surface area contributed by atoms with E-state index in [0.717, 1.165) is 19.3 Å². The highest BCUT2D eigenvalue weighted by atomic mass is 16.4. The molecule has 1 amide bonds. The summed E-state index contributed by atoms with van der Waals surface area (Å²) in [6, 6.07) is 6.20. The van der Waals surface area contributed by atoms with Crippen molar-refractivity contribution in [3.05, 3.63) is 36.2 Å². The van der Waals surface area contributed by atoms with Gasteiger partial charge in [-0.15, -0.1) is 5.10 Å². The highest BCUT2D eigenvalue weighted by molar-refractivity contribution is 5.97. The predicted molar refractivity (Wildman–Crippen MR) is 82.4 cm³/mol. The Labute approximate surface area is 138 Å². The molecular weight excluding hydrogens is 310 g/mol. The maximum atomic E-state index is 12.9. The van der Waals surface area contributed by atoms with Gasteiger partial charge in [-0.2, -0.15) is 0 Å². The highest BCUT2D eigenvalue weighted by Gasteiger charge is 2.49. The number of amides is 1. The van der Waals surface area contributed by atoms with Crippen LogP contribution < -0.4 is 0 Å². The number of aliphatic carboxylic acids is 1. The molecule has 24 heavy (non-hydrogen) atoms. The van der Waals surface area contributed by atoms with Gasteiger partial charge in [0.25, 0.3) is 5.91 Å². The van der Waals surface area contributed by atoms with E-state index in [1.807, 2.05) is 0 Å². The molecule has 0 spiro atoms. The molecule has 1 saturated heterocycles. The fourth-order valence-corrected chi connectivity index (χ4v) is 4.06. The number of fused-ring (bicyclic) bond motifs is 1. The Kier molecular flexibility index (Phi) is 3.51. The zero-order valence-electron chi connectivity index (χ0n) is 12.9. The summed E-state index contributed by atoms with van der Waals surface area (Å²) < 4.78 is 1.46. The third kappa shape index (κ3) is 2.34. The van der Waals surface area contributed by atoms with Gasteiger partial charge in [-0.3, -0.25) is 4.79 Å². The van der Waals surface area contributed by atoms with Gasteiger partial charge in [0.05, 0.1) is 5.69 Å². The van der Waals surface area contributed by atoms with Crippen molar-refractivity contribution in [1.82, 2.24) is 25.1 Å². The van der Waals surface area contributed by atoms with Crippen LogP contribution in [0.15, 0.2) is 30.6 Å². The van der Waals surface area contributed by atoms with Crippen molar-refractivity contribution in [1.29, 1.82) is 0 Å². The van der Waals surface area contributed by atoms with E-state index in [1.165, 1.54) is 15.9 Å². The van der Waals surface area contributed by atoms with Gasteiger partial charge in [0.1, 0.15) is 12.4 Å². The molecule has 1 aromatic heterocycles. The SMILES string of the molecule is O=C(O)C1C2CCCC2CN1C(=O)c1cccc(-n2cnnn2)c1. The lowest BCUT2D eigenvalue weighted by Crippen LogP contribution is -2.43. The lowest BCUT2D eigenvalue weighted by Gasteiger charge is -2.24. The first-order valence-corrected chi connectivity index (χ1v) is 8.02. The highest BCUT2D eigenvalue weighted by Crippen LogP contribution is 2.42. The number of carbonyl (C=O) groups is 2. The second-order valence-corrected chi connectivity index (χ2v) is 6.40. The van der Waals surface area contributed by atoms with Crippen LogP contribution in [0.2, 0.25) is 0 Å². The van der Waals surface area contributed by atoms with Gasteiger partial charge in [0.2, 0.25) is 0 Å². The summed E-state index contributed by atoms with van der Waals surface area (Å²) in [5, 5.41) is 20.6. The summed E-state index contributed by atoms with van der Waals surface area (Å²) >= 11 is 0. The van der Waals surface area contributed by atoms with Gasteiger partial charge in [-0.1, -0.05) is 12.5 Å². The molecule has 124 valence electrons. The van der Waals surface area contributed by atoms with Crippen LogP contribution in [0.3, 0.4) is 0 Å². The molecule has 2 heterocycles. The number of carbonyl (C=O) groups excluding carboxylic acids is 1. The predicted octanol–water partition coefficient (Wildman–Crippen LogP) is 0.988. The Balaban J connectivity index is 1.64. The molecule has 1 aromatic carbocycles. The molecule has 1 aliphatic carbocycles. The van der Waals surface area contributed by atoms with E-state index in [2.05, 4.69) is 15.5 Å². The maximum absolute atomic E-state index is 12.9. The zero-order chi connectivity index (χ0) is 16.7. The number of tetrazole rings is 1. The topological polar surface area (TPSA) is 101 Å². The standard InChI is InChI=1S/C16H17N5O3/c22-15(10-3-1-5-12(7-10)21-9-17-18-19-21)20-8-11-4-2-6-13(11)14(20)16(23)24/h1,3,5,7,9,11,13-14H,2,4,6,8H2,(H,23,24). The number of aromatic nitrogens is 4. The van der Waals surface area contributed by atoms with Gasteiger partial charge < -0.3 is 10.0 Å². The van der Waals surface area contributed by atoms with Crippen molar-refractivity contribution in [2.75, 3.05) is 6.54 Å². The molecule has 4 rings (SSSR count). The number of carboxylic acid groups (broad SMARTS) is 1. The molecular formula is C16H17N5O3. The molecule has 0 radical (unpaired) electrons. The van der Waals surface area contributed by atoms with E-state index in [9.17, 15) is 14.7 Å². The first-order chi connectivity index (χ1) is 11.6. The Hall–Kier alpha value is -2.77. The molecule has 0 bridgehead atoms. The third-order valence-corrected chi connectivity index (χ3v) is 5.11. The monoisotopic (exact) mass is 327 g/mol. The summed E-state index contributed by atoms with van der Waals surface area (Å²) in [4.78, 5) is 26.2. The molecule has 3 atom stereocenters. The number of rotatable bonds is 3. The number of carboxylic acids is 1. The molecule has 2 aromatic rings. The number of benzene rings is 1. The van der Waals surface area contributed by atoms with E-state index >= 15 is 0 Å². The van der Waals surface area contributed by atoms with Crippen LogP contribution in [-0.2, 0) is 4.79 Å². The minimum atomic E-state index is -0.908. The number of likely N-dealkylation sites (tertiary alicyclic amines) is 1. The Bertz CT molecular complexity index is 776. The second-order valence-electron chi connectivity index (χ2n) is 6.40. The average Bonchev–Trinajstić information content (AvgIpc) is 3.30. The van der Waals surface area contributed by atoms with E-state index in [0.29, 0.717) is 23.7 Å². The summed E-state index contributed by atoms with van der Waals surface area (Å²) in [6.45, 7) is 0.523. The van der Waals surface area contributed by atoms with Crippen LogP contribution in [0.25, 0.3) is 5.69 Å². The molecule has 1 saturated carbocycles. The van der Waals surface area contributed by atoms with Crippen LogP contribution in [-0.4, -0.2) is 54.7 Å². The summed E-state index contributed by atoms with van der Waals surface area (Å²) in [7, 11) is 0. The van der Waals surface area contributed by atoms with Crippen LogP contribution >= 0.6 is 0 Å².